The Bertz CT molecular complexity index is 1580. The van der Waals surface area contributed by atoms with Gasteiger partial charge in [0.2, 0.25) is 11.8 Å². The van der Waals surface area contributed by atoms with Crippen molar-refractivity contribution >= 4 is 21.2 Å². The van der Waals surface area contributed by atoms with Gasteiger partial charge in [0.15, 0.2) is 5.82 Å². The van der Waals surface area contributed by atoms with E-state index in [-0.39, 0.29) is 29.9 Å². The number of sulfone groups is 1. The summed E-state index contributed by atoms with van der Waals surface area (Å²) < 4.78 is 77.6. The molecule has 0 atom stereocenters. The molecule has 15 heteroatoms. The standard InChI is InChI=1S/C23H21F3N4O6S2/c1-34-20-15(19-29-22(31)36-30-19)9-10-18(28-20)35-12-17-16(4-3-11-38(2,32)33)27-21(37-17)13-5-7-14(8-6-13)23(24,25)26/h5-10H,3-4,11-12H2,1-2H3,(H,29,30,31). The van der Waals surface area contributed by atoms with Gasteiger partial charge in [0, 0.05) is 17.9 Å². The second-order valence-corrected chi connectivity index (χ2v) is 11.5. The molecule has 0 spiro atoms. The van der Waals surface area contributed by atoms with Gasteiger partial charge in [0.05, 0.1) is 34.6 Å². The quantitative estimate of drug-likeness (QED) is 0.298. The fraction of sp³-hybridized carbons (Fsp3) is 0.304. The lowest BCUT2D eigenvalue weighted by molar-refractivity contribution is -0.137. The fourth-order valence-electron chi connectivity index (χ4n) is 3.44. The number of alkyl halides is 3. The fourth-order valence-corrected chi connectivity index (χ4v) is 5.14. The van der Waals surface area contributed by atoms with Crippen LogP contribution in [-0.4, -0.2) is 47.6 Å². The van der Waals surface area contributed by atoms with Crippen molar-refractivity contribution in [3.63, 3.8) is 0 Å². The number of pyridine rings is 1. The smallest absolute Gasteiger partial charge is 0.439 e. The highest BCUT2D eigenvalue weighted by molar-refractivity contribution is 7.90. The van der Waals surface area contributed by atoms with Crippen LogP contribution in [0.2, 0.25) is 0 Å². The Balaban J connectivity index is 1.57. The zero-order valence-electron chi connectivity index (χ0n) is 20.0. The third-order valence-electron chi connectivity index (χ3n) is 5.24. The summed E-state index contributed by atoms with van der Waals surface area (Å²) in [5.74, 6) is -0.342. The molecule has 0 aliphatic heterocycles. The summed E-state index contributed by atoms with van der Waals surface area (Å²) in [6, 6.07) is 7.75. The number of aromatic amines is 1. The van der Waals surface area contributed by atoms with Crippen molar-refractivity contribution in [2.24, 2.45) is 0 Å². The first-order valence-corrected chi connectivity index (χ1v) is 13.9. The van der Waals surface area contributed by atoms with Gasteiger partial charge >= 0.3 is 11.9 Å². The van der Waals surface area contributed by atoms with E-state index in [2.05, 4.69) is 24.6 Å². The van der Waals surface area contributed by atoms with Crippen LogP contribution in [0.25, 0.3) is 22.0 Å². The van der Waals surface area contributed by atoms with Crippen LogP contribution in [0, 0.1) is 0 Å². The van der Waals surface area contributed by atoms with Crippen molar-refractivity contribution in [2.45, 2.75) is 25.6 Å². The minimum atomic E-state index is -4.45. The Labute approximate surface area is 218 Å². The average molecular weight is 571 g/mol. The zero-order chi connectivity index (χ0) is 27.5. The van der Waals surface area contributed by atoms with Gasteiger partial charge in [-0.2, -0.15) is 18.2 Å². The van der Waals surface area contributed by atoms with E-state index in [0.717, 1.165) is 18.4 Å². The molecule has 4 rings (SSSR count). The van der Waals surface area contributed by atoms with Crippen LogP contribution in [0.4, 0.5) is 13.2 Å². The molecule has 38 heavy (non-hydrogen) atoms. The van der Waals surface area contributed by atoms with E-state index in [0.29, 0.717) is 39.5 Å². The molecule has 0 saturated carbocycles. The number of H-pyrrole nitrogens is 1. The third-order valence-corrected chi connectivity index (χ3v) is 7.39. The molecule has 202 valence electrons. The Morgan fingerprint density at radius 1 is 1.11 bits per heavy atom. The number of methoxy groups -OCH3 is 1. The highest BCUT2D eigenvalue weighted by Gasteiger charge is 2.30. The molecule has 0 bridgehead atoms. The SMILES string of the molecule is COc1nc(OCc2sc(-c3ccc(C(F)(F)F)cc3)nc2CCCS(C)(=O)=O)ccc1-c1noc(=O)[nH]1. The molecular weight excluding hydrogens is 549 g/mol. The van der Waals surface area contributed by atoms with Gasteiger partial charge in [-0.1, -0.05) is 17.3 Å². The lowest BCUT2D eigenvalue weighted by Crippen LogP contribution is -2.06. The molecule has 1 N–H and O–H groups in total. The predicted octanol–water partition coefficient (Wildman–Crippen LogP) is 4.13. The zero-order valence-corrected chi connectivity index (χ0v) is 21.7. The molecule has 0 aliphatic rings. The summed E-state index contributed by atoms with van der Waals surface area (Å²) in [5.41, 5.74) is 0.670. The molecule has 0 aliphatic carbocycles. The summed E-state index contributed by atoms with van der Waals surface area (Å²) in [6.45, 7) is 0.0167. The van der Waals surface area contributed by atoms with E-state index in [9.17, 15) is 26.4 Å². The number of aryl methyl sites for hydroxylation is 1. The average Bonchev–Trinajstić information content (AvgIpc) is 3.47. The monoisotopic (exact) mass is 570 g/mol. The summed E-state index contributed by atoms with van der Waals surface area (Å²) in [4.78, 5) is 23.2. The summed E-state index contributed by atoms with van der Waals surface area (Å²) in [6.07, 6.45) is -2.66. The van der Waals surface area contributed by atoms with Crippen LogP contribution in [0.1, 0.15) is 22.6 Å². The molecule has 0 saturated heterocycles. The first-order valence-electron chi connectivity index (χ1n) is 11.0. The largest absolute Gasteiger partial charge is 0.480 e. The van der Waals surface area contributed by atoms with Crippen LogP contribution in [0.3, 0.4) is 0 Å². The van der Waals surface area contributed by atoms with Crippen molar-refractivity contribution < 1.29 is 35.6 Å². The van der Waals surface area contributed by atoms with Gasteiger partial charge < -0.3 is 9.47 Å². The van der Waals surface area contributed by atoms with Gasteiger partial charge in [0.25, 0.3) is 0 Å². The molecule has 4 aromatic rings. The Kier molecular flexibility index (Phi) is 7.87. The number of nitrogens with one attached hydrogen (secondary N) is 1. The maximum absolute atomic E-state index is 12.9. The molecule has 0 unspecified atom stereocenters. The Morgan fingerprint density at radius 3 is 2.45 bits per heavy atom. The minimum absolute atomic E-state index is 0.0167. The second-order valence-electron chi connectivity index (χ2n) is 8.14. The van der Waals surface area contributed by atoms with E-state index in [1.54, 1.807) is 6.07 Å². The Morgan fingerprint density at radius 2 is 1.84 bits per heavy atom. The van der Waals surface area contributed by atoms with Gasteiger partial charge in [-0.05, 0) is 31.0 Å². The lowest BCUT2D eigenvalue weighted by atomic mass is 10.1. The van der Waals surface area contributed by atoms with Crippen molar-refractivity contribution in [1.82, 2.24) is 20.1 Å². The van der Waals surface area contributed by atoms with Gasteiger partial charge in [-0.25, -0.2) is 18.2 Å². The number of nitrogens with zero attached hydrogens (tertiary/aromatic N) is 3. The molecule has 0 amide bonds. The number of hydrogen-bond donors (Lipinski definition) is 1. The minimum Gasteiger partial charge on any atom is -0.480 e. The van der Waals surface area contributed by atoms with Crippen molar-refractivity contribution in [2.75, 3.05) is 19.1 Å². The third kappa shape index (κ3) is 6.77. The van der Waals surface area contributed by atoms with Gasteiger partial charge in [-0.3, -0.25) is 9.51 Å². The molecular formula is C23H21F3N4O6S2. The number of halogens is 3. The van der Waals surface area contributed by atoms with E-state index in [4.69, 9.17) is 9.47 Å². The van der Waals surface area contributed by atoms with Crippen LogP contribution in [0.15, 0.2) is 45.7 Å². The van der Waals surface area contributed by atoms with Crippen molar-refractivity contribution in [3.05, 3.63) is 63.1 Å². The van der Waals surface area contributed by atoms with Crippen molar-refractivity contribution in [1.29, 1.82) is 0 Å². The van der Waals surface area contributed by atoms with Gasteiger partial charge in [0.1, 0.15) is 21.5 Å². The van der Waals surface area contributed by atoms with Crippen LogP contribution < -0.4 is 15.2 Å². The van der Waals surface area contributed by atoms with Crippen LogP contribution in [0.5, 0.6) is 11.8 Å². The van der Waals surface area contributed by atoms with Crippen LogP contribution in [-0.2, 0) is 29.0 Å². The van der Waals surface area contributed by atoms with E-state index >= 15 is 0 Å². The molecule has 10 nitrogen and oxygen atoms in total. The number of hydrogen-bond acceptors (Lipinski definition) is 10. The maximum Gasteiger partial charge on any atom is 0.439 e. The second kappa shape index (κ2) is 10.9. The first-order chi connectivity index (χ1) is 17.9. The van der Waals surface area contributed by atoms with E-state index < -0.39 is 27.3 Å². The summed E-state index contributed by atoms with van der Waals surface area (Å²) >= 11 is 1.23. The van der Waals surface area contributed by atoms with E-state index in [1.165, 1.54) is 36.6 Å². The Hall–Kier alpha value is -3.72. The molecule has 3 heterocycles. The first kappa shape index (κ1) is 27.3. The number of thiazole rings is 1. The summed E-state index contributed by atoms with van der Waals surface area (Å²) in [5, 5.41) is 4.08. The maximum atomic E-state index is 12.9. The number of aromatic nitrogens is 4. The molecule has 0 fully saturated rings. The lowest BCUT2D eigenvalue weighted by Gasteiger charge is -2.09. The number of benzene rings is 1. The number of ether oxygens (including phenoxy) is 2. The van der Waals surface area contributed by atoms with Crippen LogP contribution >= 0.6 is 11.3 Å². The number of rotatable bonds is 10. The van der Waals surface area contributed by atoms with Crippen molar-refractivity contribution in [3.8, 4) is 33.7 Å². The summed E-state index contributed by atoms with van der Waals surface area (Å²) in [7, 11) is -1.80. The highest BCUT2D eigenvalue weighted by atomic mass is 32.2. The predicted molar refractivity (Wildman–Crippen MR) is 132 cm³/mol. The topological polar surface area (TPSA) is 137 Å². The molecule has 1 aromatic carbocycles. The molecule has 0 radical (unpaired) electrons. The normalized spacial score (nSPS) is 12.0. The molecule has 3 aromatic heterocycles. The highest BCUT2D eigenvalue weighted by Crippen LogP contribution is 2.34. The van der Waals surface area contributed by atoms with Gasteiger partial charge in [-0.15, -0.1) is 11.3 Å². The van der Waals surface area contributed by atoms with E-state index in [1.807, 2.05) is 0 Å².